The van der Waals surface area contributed by atoms with Crippen LogP contribution in [0.1, 0.15) is 30.8 Å². The van der Waals surface area contributed by atoms with Gasteiger partial charge in [-0.2, -0.15) is 0 Å². The summed E-state index contributed by atoms with van der Waals surface area (Å²) in [7, 11) is 0. The van der Waals surface area contributed by atoms with Crippen molar-refractivity contribution in [3.63, 3.8) is 0 Å². The molecule has 0 aliphatic rings. The summed E-state index contributed by atoms with van der Waals surface area (Å²) in [5, 5.41) is 10.8. The highest BCUT2D eigenvalue weighted by molar-refractivity contribution is 5.92. The Kier molecular flexibility index (Phi) is 7.01. The Morgan fingerprint density at radius 1 is 1.32 bits per heavy atom. The normalized spacial score (nSPS) is 11.8. The Morgan fingerprint density at radius 3 is 2.59 bits per heavy atom. The van der Waals surface area contributed by atoms with Crippen molar-refractivity contribution in [2.75, 3.05) is 6.54 Å². The van der Waals surface area contributed by atoms with Gasteiger partial charge in [0.1, 0.15) is 0 Å². The number of nitrogens with zero attached hydrogens (tertiary/aromatic N) is 3. The van der Waals surface area contributed by atoms with Crippen LogP contribution in [-0.2, 0) is 0 Å². The number of nitrogens with two attached hydrogens (primary N) is 1. The van der Waals surface area contributed by atoms with Crippen molar-refractivity contribution in [1.29, 1.82) is 0 Å². The second-order valence-corrected chi connectivity index (χ2v) is 5.42. The molecule has 1 heterocycles. The van der Waals surface area contributed by atoms with E-state index in [1.807, 2.05) is 30.3 Å². The van der Waals surface area contributed by atoms with Crippen LogP contribution in [0.2, 0.25) is 0 Å². The zero-order valence-electron chi connectivity index (χ0n) is 12.8. The molecule has 1 unspecified atom stereocenters. The van der Waals surface area contributed by atoms with Crippen molar-refractivity contribution in [2.45, 2.75) is 26.3 Å². The highest BCUT2D eigenvalue weighted by atomic mass is 35.5. The monoisotopic (exact) mass is 323 g/mol. The van der Waals surface area contributed by atoms with E-state index in [0.717, 1.165) is 12.1 Å². The van der Waals surface area contributed by atoms with Gasteiger partial charge in [0.2, 0.25) is 0 Å². The third-order valence-corrected chi connectivity index (χ3v) is 3.12. The van der Waals surface area contributed by atoms with Crippen LogP contribution in [0.5, 0.6) is 0 Å². The molecule has 0 aliphatic heterocycles. The minimum absolute atomic E-state index is 0. The molecule has 0 fully saturated rings. The fourth-order valence-corrected chi connectivity index (χ4v) is 2.12. The Morgan fingerprint density at radius 2 is 2.00 bits per heavy atom. The van der Waals surface area contributed by atoms with E-state index in [1.54, 1.807) is 10.9 Å². The molecule has 6 nitrogen and oxygen atoms in total. The Balaban J connectivity index is 0.00000242. The van der Waals surface area contributed by atoms with Gasteiger partial charge >= 0.3 is 0 Å². The number of rotatable bonds is 6. The van der Waals surface area contributed by atoms with Crippen LogP contribution in [0, 0.1) is 5.92 Å². The number of carbonyl (C=O) groups excluding carboxylic acids is 1. The van der Waals surface area contributed by atoms with Gasteiger partial charge in [-0.3, -0.25) is 4.79 Å². The Hall–Kier alpha value is -1.92. The van der Waals surface area contributed by atoms with Crippen molar-refractivity contribution in [1.82, 2.24) is 20.3 Å². The van der Waals surface area contributed by atoms with Crippen LogP contribution in [-0.4, -0.2) is 33.5 Å². The lowest BCUT2D eigenvalue weighted by molar-refractivity contribution is 0.0928. The lowest BCUT2D eigenvalue weighted by Gasteiger charge is -2.17. The maximum Gasteiger partial charge on any atom is 0.273 e. The molecule has 0 aliphatic carbocycles. The molecule has 1 aromatic carbocycles. The van der Waals surface area contributed by atoms with Gasteiger partial charge in [0.05, 0.1) is 11.9 Å². The topological polar surface area (TPSA) is 85.8 Å². The average molecular weight is 324 g/mol. The Labute approximate surface area is 136 Å². The third kappa shape index (κ3) is 4.82. The number of benzene rings is 1. The van der Waals surface area contributed by atoms with Gasteiger partial charge in [-0.15, -0.1) is 17.5 Å². The fraction of sp³-hybridized carbons (Fsp3) is 0.400. The number of halogens is 1. The number of nitrogens with one attached hydrogen (secondary N) is 1. The summed E-state index contributed by atoms with van der Waals surface area (Å²) in [5.41, 5.74) is 6.84. The summed E-state index contributed by atoms with van der Waals surface area (Å²) < 4.78 is 1.58. The first-order chi connectivity index (χ1) is 10.1. The molecule has 120 valence electrons. The second kappa shape index (κ2) is 8.51. The van der Waals surface area contributed by atoms with E-state index >= 15 is 0 Å². The highest BCUT2D eigenvalue weighted by Crippen LogP contribution is 2.07. The SMILES string of the molecule is CC(C)CC(CN)NC(=O)c1cn(-c2ccccc2)nn1.Cl. The number of aromatic nitrogens is 3. The number of hydrogen-bond acceptors (Lipinski definition) is 4. The first-order valence-corrected chi connectivity index (χ1v) is 7.09. The van der Waals surface area contributed by atoms with E-state index in [1.165, 1.54) is 0 Å². The van der Waals surface area contributed by atoms with E-state index < -0.39 is 0 Å². The van der Waals surface area contributed by atoms with Crippen molar-refractivity contribution in [3.8, 4) is 5.69 Å². The average Bonchev–Trinajstić information content (AvgIpc) is 2.97. The molecule has 0 bridgehead atoms. The summed E-state index contributed by atoms with van der Waals surface area (Å²) in [6.07, 6.45) is 2.46. The van der Waals surface area contributed by atoms with Gasteiger partial charge in [0.25, 0.3) is 5.91 Å². The second-order valence-electron chi connectivity index (χ2n) is 5.42. The van der Waals surface area contributed by atoms with Crippen molar-refractivity contribution >= 4 is 18.3 Å². The zero-order chi connectivity index (χ0) is 15.2. The summed E-state index contributed by atoms with van der Waals surface area (Å²) in [4.78, 5) is 12.2. The maximum atomic E-state index is 12.2. The van der Waals surface area contributed by atoms with Gasteiger partial charge in [0.15, 0.2) is 5.69 Å². The first kappa shape index (κ1) is 18.1. The van der Waals surface area contributed by atoms with Crippen LogP contribution >= 0.6 is 12.4 Å². The van der Waals surface area contributed by atoms with Gasteiger partial charge in [-0.1, -0.05) is 37.3 Å². The molecule has 2 aromatic rings. The molecule has 1 atom stereocenters. The fourth-order valence-electron chi connectivity index (χ4n) is 2.12. The van der Waals surface area contributed by atoms with Crippen LogP contribution in [0.4, 0.5) is 0 Å². The predicted molar refractivity (Wildman–Crippen MR) is 88.4 cm³/mol. The smallest absolute Gasteiger partial charge is 0.273 e. The zero-order valence-corrected chi connectivity index (χ0v) is 13.6. The number of hydrogen-bond donors (Lipinski definition) is 2. The quantitative estimate of drug-likeness (QED) is 0.848. The summed E-state index contributed by atoms with van der Waals surface area (Å²) in [6.45, 7) is 4.61. The third-order valence-electron chi connectivity index (χ3n) is 3.12. The van der Waals surface area contributed by atoms with Crippen LogP contribution in [0.15, 0.2) is 36.5 Å². The van der Waals surface area contributed by atoms with Crippen molar-refractivity contribution < 1.29 is 4.79 Å². The molecule has 22 heavy (non-hydrogen) atoms. The number of amides is 1. The van der Waals surface area contributed by atoms with Crippen LogP contribution in [0.25, 0.3) is 5.69 Å². The van der Waals surface area contributed by atoms with Crippen molar-refractivity contribution in [2.24, 2.45) is 11.7 Å². The van der Waals surface area contributed by atoms with E-state index in [-0.39, 0.29) is 24.4 Å². The van der Waals surface area contributed by atoms with Crippen LogP contribution in [0.3, 0.4) is 0 Å². The standard InChI is InChI=1S/C15H21N5O.ClH/c1-11(2)8-12(9-16)17-15(21)14-10-20(19-18-14)13-6-4-3-5-7-13;/h3-7,10-12H,8-9,16H2,1-2H3,(H,17,21);1H. The van der Waals surface area contributed by atoms with Crippen LogP contribution < -0.4 is 11.1 Å². The molecule has 1 aromatic heterocycles. The summed E-state index contributed by atoms with van der Waals surface area (Å²) in [5.74, 6) is 0.229. The molecule has 7 heteroatoms. The largest absolute Gasteiger partial charge is 0.347 e. The van der Waals surface area contributed by atoms with E-state index in [4.69, 9.17) is 5.73 Å². The number of para-hydroxylation sites is 1. The number of carbonyl (C=O) groups is 1. The molecule has 2 rings (SSSR count). The minimum atomic E-state index is -0.242. The lowest BCUT2D eigenvalue weighted by Crippen LogP contribution is -2.41. The van der Waals surface area contributed by atoms with Gasteiger partial charge in [0, 0.05) is 12.6 Å². The molecular weight excluding hydrogens is 302 g/mol. The van der Waals surface area contributed by atoms with Gasteiger partial charge in [-0.05, 0) is 24.5 Å². The highest BCUT2D eigenvalue weighted by Gasteiger charge is 2.16. The predicted octanol–water partition coefficient (Wildman–Crippen LogP) is 1.79. The summed E-state index contributed by atoms with van der Waals surface area (Å²) in [6, 6.07) is 9.49. The van der Waals surface area contributed by atoms with E-state index in [0.29, 0.717) is 18.2 Å². The van der Waals surface area contributed by atoms with Crippen molar-refractivity contribution in [3.05, 3.63) is 42.2 Å². The maximum absolute atomic E-state index is 12.2. The molecule has 0 radical (unpaired) electrons. The molecule has 0 saturated carbocycles. The lowest BCUT2D eigenvalue weighted by atomic mass is 10.0. The first-order valence-electron chi connectivity index (χ1n) is 7.09. The van der Waals surface area contributed by atoms with E-state index in [2.05, 4.69) is 29.5 Å². The Bertz CT molecular complexity index is 585. The molecule has 0 spiro atoms. The molecule has 3 N–H and O–H groups in total. The van der Waals surface area contributed by atoms with E-state index in [9.17, 15) is 4.79 Å². The molecular formula is C15H22ClN5O. The molecule has 0 saturated heterocycles. The minimum Gasteiger partial charge on any atom is -0.347 e. The summed E-state index contributed by atoms with van der Waals surface area (Å²) >= 11 is 0. The van der Waals surface area contributed by atoms with Gasteiger partial charge < -0.3 is 11.1 Å². The molecule has 1 amide bonds. The van der Waals surface area contributed by atoms with Gasteiger partial charge in [-0.25, -0.2) is 4.68 Å².